The second-order valence-corrected chi connectivity index (χ2v) is 7.91. The number of benzene rings is 1. The van der Waals surface area contributed by atoms with Crippen molar-refractivity contribution in [3.8, 4) is 0 Å². The van der Waals surface area contributed by atoms with E-state index in [-0.39, 0.29) is 29.4 Å². The van der Waals surface area contributed by atoms with E-state index < -0.39 is 0 Å². The molecule has 0 amide bonds. The van der Waals surface area contributed by atoms with E-state index in [1.807, 2.05) is 24.4 Å². The molecule has 1 aromatic carbocycles. The number of H-pyrrole nitrogens is 1. The normalized spacial score (nSPS) is 12.1. The monoisotopic (exact) mass is 515 g/mol. The van der Waals surface area contributed by atoms with Crippen LogP contribution in [0.3, 0.4) is 0 Å². The quantitative estimate of drug-likeness (QED) is 0.263. The van der Waals surface area contributed by atoms with Crippen molar-refractivity contribution in [3.05, 3.63) is 52.8 Å². The summed E-state index contributed by atoms with van der Waals surface area (Å²) in [7, 11) is 1.75. The fraction of sp³-hybridized carbons (Fsp3) is 0.400. The van der Waals surface area contributed by atoms with Crippen LogP contribution in [-0.2, 0) is 18.4 Å². The Hall–Kier alpha value is -1.74. The first kappa shape index (κ1) is 22.5. The number of fused-ring (bicyclic) bond motifs is 1. The lowest BCUT2D eigenvalue weighted by Crippen LogP contribution is -2.37. The molecule has 2 aromatic heterocycles. The smallest absolute Gasteiger partial charge is 0.213 e. The van der Waals surface area contributed by atoms with Gasteiger partial charge in [-0.05, 0) is 30.2 Å². The summed E-state index contributed by atoms with van der Waals surface area (Å²) in [5, 5.41) is 8.45. The van der Waals surface area contributed by atoms with E-state index in [9.17, 15) is 0 Å². The molecule has 0 bridgehead atoms. The summed E-state index contributed by atoms with van der Waals surface area (Å²) in [5.41, 5.74) is 2.27. The van der Waals surface area contributed by atoms with Crippen LogP contribution in [0.2, 0.25) is 5.02 Å². The van der Waals surface area contributed by atoms with E-state index in [4.69, 9.17) is 16.0 Å². The van der Waals surface area contributed by atoms with Crippen LogP contribution in [0.4, 0.5) is 0 Å². The van der Waals surface area contributed by atoms with Crippen molar-refractivity contribution in [2.45, 2.75) is 39.2 Å². The standard InChI is InChI=1S/C20H26ClN5O.HI/c1-20(2,3)17-11-25-18(27-17)12-26-19(22-4)23-8-7-13-10-24-16-6-5-14(21)9-15(13)16;/h5-6,9-11,24H,7-8,12H2,1-4H3,(H2,22,23,26);1H. The Morgan fingerprint density at radius 2 is 2.07 bits per heavy atom. The lowest BCUT2D eigenvalue weighted by Gasteiger charge is -2.13. The van der Waals surface area contributed by atoms with Gasteiger partial charge in [0.1, 0.15) is 5.76 Å². The van der Waals surface area contributed by atoms with Crippen LogP contribution in [0, 0.1) is 0 Å². The zero-order valence-electron chi connectivity index (χ0n) is 16.6. The van der Waals surface area contributed by atoms with E-state index in [0.29, 0.717) is 18.4 Å². The SMILES string of the molecule is CN=C(NCCc1c[nH]c2ccc(Cl)cc12)NCc1ncc(C(C)(C)C)o1.I. The number of rotatable bonds is 5. The number of halogens is 2. The van der Waals surface area contributed by atoms with Crippen LogP contribution >= 0.6 is 35.6 Å². The zero-order valence-corrected chi connectivity index (χ0v) is 19.7. The maximum absolute atomic E-state index is 6.11. The molecule has 6 nitrogen and oxygen atoms in total. The highest BCUT2D eigenvalue weighted by Crippen LogP contribution is 2.23. The van der Waals surface area contributed by atoms with Gasteiger partial charge in [-0.3, -0.25) is 4.99 Å². The average molecular weight is 516 g/mol. The van der Waals surface area contributed by atoms with Gasteiger partial charge >= 0.3 is 0 Å². The van der Waals surface area contributed by atoms with E-state index in [1.54, 1.807) is 13.2 Å². The first-order valence-electron chi connectivity index (χ1n) is 9.02. The summed E-state index contributed by atoms with van der Waals surface area (Å²) in [6, 6.07) is 5.88. The third-order valence-corrected chi connectivity index (χ3v) is 4.57. The van der Waals surface area contributed by atoms with Crippen molar-refractivity contribution >= 4 is 52.4 Å². The van der Waals surface area contributed by atoms with E-state index in [2.05, 4.69) is 46.4 Å². The van der Waals surface area contributed by atoms with Crippen molar-refractivity contribution < 1.29 is 4.42 Å². The maximum Gasteiger partial charge on any atom is 0.213 e. The third kappa shape index (κ3) is 5.64. The minimum atomic E-state index is -0.0482. The molecule has 0 radical (unpaired) electrons. The molecule has 3 rings (SSSR count). The summed E-state index contributed by atoms with van der Waals surface area (Å²) in [6.07, 6.45) is 4.67. The van der Waals surface area contributed by atoms with Gasteiger partial charge < -0.3 is 20.0 Å². The van der Waals surface area contributed by atoms with Gasteiger partial charge in [0.05, 0.1) is 12.7 Å². The Kier molecular flexibility index (Phi) is 7.77. The molecular formula is C20H27ClIN5O. The van der Waals surface area contributed by atoms with Gasteiger partial charge in [0.2, 0.25) is 5.89 Å². The molecule has 0 saturated carbocycles. The number of nitrogens with one attached hydrogen (secondary N) is 3. The molecule has 8 heteroatoms. The number of aliphatic imine (C=N–C) groups is 1. The first-order chi connectivity index (χ1) is 12.9. The minimum absolute atomic E-state index is 0. The van der Waals surface area contributed by atoms with E-state index in [1.165, 1.54) is 5.56 Å². The van der Waals surface area contributed by atoms with Crippen LogP contribution < -0.4 is 10.6 Å². The van der Waals surface area contributed by atoms with E-state index >= 15 is 0 Å². The molecule has 28 heavy (non-hydrogen) atoms. The Balaban J connectivity index is 0.00000280. The Morgan fingerprint density at radius 1 is 1.29 bits per heavy atom. The molecule has 152 valence electrons. The molecule has 0 aliphatic rings. The zero-order chi connectivity index (χ0) is 19.4. The predicted molar refractivity (Wildman–Crippen MR) is 126 cm³/mol. The molecule has 0 fully saturated rings. The van der Waals surface area contributed by atoms with Gasteiger partial charge in [-0.2, -0.15) is 0 Å². The number of hydrogen-bond donors (Lipinski definition) is 3. The molecule has 3 N–H and O–H groups in total. The molecule has 0 aliphatic carbocycles. The molecule has 0 saturated heterocycles. The first-order valence-corrected chi connectivity index (χ1v) is 9.40. The third-order valence-electron chi connectivity index (χ3n) is 4.34. The van der Waals surface area contributed by atoms with Crippen LogP contribution in [0.25, 0.3) is 10.9 Å². The molecule has 0 unspecified atom stereocenters. The summed E-state index contributed by atoms with van der Waals surface area (Å²) in [5.74, 6) is 2.23. The van der Waals surface area contributed by atoms with Gasteiger partial charge in [0.15, 0.2) is 5.96 Å². The average Bonchev–Trinajstić information content (AvgIpc) is 3.25. The number of hydrogen-bond acceptors (Lipinski definition) is 3. The lowest BCUT2D eigenvalue weighted by molar-refractivity contribution is 0.379. The topological polar surface area (TPSA) is 78.2 Å². The van der Waals surface area contributed by atoms with Gasteiger partial charge in [-0.25, -0.2) is 4.98 Å². The highest BCUT2D eigenvalue weighted by atomic mass is 127. The largest absolute Gasteiger partial charge is 0.443 e. The highest BCUT2D eigenvalue weighted by Gasteiger charge is 2.19. The number of aromatic amines is 1. The fourth-order valence-electron chi connectivity index (χ4n) is 2.79. The molecule has 3 aromatic rings. The number of guanidine groups is 1. The van der Waals surface area contributed by atoms with Crippen molar-refractivity contribution in [3.63, 3.8) is 0 Å². The van der Waals surface area contributed by atoms with Crippen LogP contribution in [-0.4, -0.2) is 29.5 Å². The van der Waals surface area contributed by atoms with Gasteiger partial charge in [0.25, 0.3) is 0 Å². The van der Waals surface area contributed by atoms with Gasteiger partial charge in [0, 0.05) is 41.1 Å². The number of oxazole rings is 1. The second-order valence-electron chi connectivity index (χ2n) is 7.47. The van der Waals surface area contributed by atoms with Crippen LogP contribution in [0.15, 0.2) is 40.0 Å². The maximum atomic E-state index is 6.11. The molecular weight excluding hydrogens is 489 g/mol. The fourth-order valence-corrected chi connectivity index (χ4v) is 2.96. The van der Waals surface area contributed by atoms with Crippen LogP contribution in [0.1, 0.15) is 38.0 Å². The summed E-state index contributed by atoms with van der Waals surface area (Å²) in [6.45, 7) is 7.53. The summed E-state index contributed by atoms with van der Waals surface area (Å²) < 4.78 is 5.79. The minimum Gasteiger partial charge on any atom is -0.443 e. The Morgan fingerprint density at radius 3 is 2.75 bits per heavy atom. The molecule has 0 atom stereocenters. The molecule has 0 aliphatic heterocycles. The predicted octanol–water partition coefficient (Wildman–Crippen LogP) is 4.63. The van der Waals surface area contributed by atoms with Crippen molar-refractivity contribution in [2.75, 3.05) is 13.6 Å². The number of nitrogens with zero attached hydrogens (tertiary/aromatic N) is 2. The van der Waals surface area contributed by atoms with Gasteiger partial charge in [-0.1, -0.05) is 32.4 Å². The van der Waals surface area contributed by atoms with Gasteiger partial charge in [-0.15, -0.1) is 24.0 Å². The Labute approximate surface area is 187 Å². The van der Waals surface area contributed by atoms with Crippen molar-refractivity contribution in [2.24, 2.45) is 4.99 Å². The van der Waals surface area contributed by atoms with Crippen LogP contribution in [0.5, 0.6) is 0 Å². The summed E-state index contributed by atoms with van der Waals surface area (Å²) >= 11 is 6.11. The summed E-state index contributed by atoms with van der Waals surface area (Å²) in [4.78, 5) is 11.8. The molecule has 0 spiro atoms. The second kappa shape index (κ2) is 9.65. The van der Waals surface area contributed by atoms with Crippen molar-refractivity contribution in [1.29, 1.82) is 0 Å². The van der Waals surface area contributed by atoms with E-state index in [0.717, 1.165) is 34.7 Å². The Bertz CT molecular complexity index is 942. The number of aromatic nitrogens is 2. The lowest BCUT2D eigenvalue weighted by atomic mass is 9.94. The molecule has 2 heterocycles. The highest BCUT2D eigenvalue weighted by molar-refractivity contribution is 14.0. The van der Waals surface area contributed by atoms with Crippen molar-refractivity contribution in [1.82, 2.24) is 20.6 Å².